The number of hydrogen-bond donors (Lipinski definition) is 0. The summed E-state index contributed by atoms with van der Waals surface area (Å²) in [6.45, 7) is 5.60. The number of carbonyl (C=O) groups excluding carboxylic acids is 1. The minimum absolute atomic E-state index is 0.00426. The molecule has 0 aliphatic heterocycles. The summed E-state index contributed by atoms with van der Waals surface area (Å²) < 4.78 is 0. The third kappa shape index (κ3) is 4.31. The maximum Gasteiger partial charge on any atom is 0.253 e. The SMILES string of the molecule is C=C/C=C(\C=C/CC)C(=O)N(C)C. The molecule has 0 aromatic heterocycles. The molecule has 0 radical (unpaired) electrons. The van der Waals surface area contributed by atoms with Crippen LogP contribution in [0.1, 0.15) is 13.3 Å². The Morgan fingerprint density at radius 2 is 2.08 bits per heavy atom. The topological polar surface area (TPSA) is 20.3 Å². The highest BCUT2D eigenvalue weighted by atomic mass is 16.2. The van der Waals surface area contributed by atoms with Crippen molar-refractivity contribution >= 4 is 5.91 Å². The number of allylic oxidation sites excluding steroid dienone is 3. The molecule has 0 fully saturated rings. The average molecular weight is 179 g/mol. The first-order chi connectivity index (χ1) is 6.13. The molecule has 13 heavy (non-hydrogen) atoms. The molecule has 72 valence electrons. The van der Waals surface area contributed by atoms with E-state index in [1.165, 1.54) is 0 Å². The Kier molecular flexibility index (Phi) is 5.60. The van der Waals surface area contributed by atoms with Crippen LogP contribution in [0.5, 0.6) is 0 Å². The molecule has 0 aliphatic rings. The van der Waals surface area contributed by atoms with E-state index in [1.54, 1.807) is 31.1 Å². The largest absolute Gasteiger partial charge is 0.345 e. The molecule has 0 bridgehead atoms. The Bertz CT molecular complexity index is 236. The van der Waals surface area contributed by atoms with Crippen LogP contribution in [0.2, 0.25) is 0 Å². The van der Waals surface area contributed by atoms with Crippen molar-refractivity contribution in [2.45, 2.75) is 13.3 Å². The predicted octanol–water partition coefficient (Wildman–Crippen LogP) is 2.15. The number of amides is 1. The molecule has 0 N–H and O–H groups in total. The van der Waals surface area contributed by atoms with Crippen molar-refractivity contribution in [3.05, 3.63) is 36.5 Å². The van der Waals surface area contributed by atoms with Gasteiger partial charge in [-0.1, -0.05) is 37.8 Å². The van der Waals surface area contributed by atoms with Gasteiger partial charge < -0.3 is 4.90 Å². The van der Waals surface area contributed by atoms with E-state index in [9.17, 15) is 4.79 Å². The number of nitrogens with zero attached hydrogens (tertiary/aromatic N) is 1. The molecule has 1 amide bonds. The second-order valence-electron chi connectivity index (χ2n) is 2.87. The maximum atomic E-state index is 11.5. The van der Waals surface area contributed by atoms with Gasteiger partial charge >= 0.3 is 0 Å². The van der Waals surface area contributed by atoms with Crippen molar-refractivity contribution in [2.75, 3.05) is 14.1 Å². The van der Waals surface area contributed by atoms with Gasteiger partial charge in [0.2, 0.25) is 0 Å². The fraction of sp³-hybridized carbons (Fsp3) is 0.364. The highest BCUT2D eigenvalue weighted by molar-refractivity contribution is 5.96. The standard InChI is InChI=1S/C11H17NO/c1-5-7-9-10(8-6-2)11(13)12(3)4/h6-9H,2,5H2,1,3-4H3/b9-7-,10-8+. The van der Waals surface area contributed by atoms with Gasteiger partial charge in [0, 0.05) is 19.7 Å². The fourth-order valence-corrected chi connectivity index (χ4v) is 0.828. The van der Waals surface area contributed by atoms with Gasteiger partial charge in [-0.15, -0.1) is 0 Å². The first kappa shape index (κ1) is 11.7. The molecular formula is C11H17NO. The Hall–Kier alpha value is -1.31. The van der Waals surface area contributed by atoms with E-state index in [1.807, 2.05) is 19.1 Å². The quantitative estimate of drug-likeness (QED) is 0.478. The smallest absolute Gasteiger partial charge is 0.253 e. The van der Waals surface area contributed by atoms with Crippen LogP contribution in [0, 0.1) is 0 Å². The lowest BCUT2D eigenvalue weighted by Crippen LogP contribution is -2.22. The van der Waals surface area contributed by atoms with Crippen LogP contribution >= 0.6 is 0 Å². The summed E-state index contributed by atoms with van der Waals surface area (Å²) in [5, 5.41) is 0. The Morgan fingerprint density at radius 3 is 2.46 bits per heavy atom. The number of rotatable bonds is 4. The summed E-state index contributed by atoms with van der Waals surface area (Å²) in [5.74, 6) is 0.00426. The number of likely N-dealkylation sites (N-methyl/N-ethyl adjacent to an activating group) is 1. The van der Waals surface area contributed by atoms with Gasteiger partial charge in [0.05, 0.1) is 0 Å². The molecule has 2 nitrogen and oxygen atoms in total. The summed E-state index contributed by atoms with van der Waals surface area (Å²) >= 11 is 0. The summed E-state index contributed by atoms with van der Waals surface area (Å²) in [4.78, 5) is 13.0. The van der Waals surface area contributed by atoms with E-state index in [0.717, 1.165) is 6.42 Å². The van der Waals surface area contributed by atoms with Gasteiger partial charge in [-0.05, 0) is 6.42 Å². The fourth-order valence-electron chi connectivity index (χ4n) is 0.828. The first-order valence-electron chi connectivity index (χ1n) is 4.34. The molecule has 0 rings (SSSR count). The third-order valence-electron chi connectivity index (χ3n) is 1.48. The number of hydrogen-bond acceptors (Lipinski definition) is 1. The molecule has 0 spiro atoms. The second-order valence-corrected chi connectivity index (χ2v) is 2.87. The van der Waals surface area contributed by atoms with E-state index < -0.39 is 0 Å². The van der Waals surface area contributed by atoms with Gasteiger partial charge in [-0.25, -0.2) is 0 Å². The monoisotopic (exact) mass is 179 g/mol. The van der Waals surface area contributed by atoms with E-state index >= 15 is 0 Å². The van der Waals surface area contributed by atoms with Crippen molar-refractivity contribution in [3.8, 4) is 0 Å². The Balaban J connectivity index is 4.62. The van der Waals surface area contributed by atoms with E-state index in [4.69, 9.17) is 0 Å². The van der Waals surface area contributed by atoms with Gasteiger partial charge in [0.25, 0.3) is 5.91 Å². The lowest BCUT2D eigenvalue weighted by Gasteiger charge is -2.10. The van der Waals surface area contributed by atoms with E-state index in [-0.39, 0.29) is 5.91 Å². The normalized spacial score (nSPS) is 11.8. The molecule has 0 saturated carbocycles. The predicted molar refractivity (Wildman–Crippen MR) is 56.4 cm³/mol. The average Bonchev–Trinajstić information content (AvgIpc) is 2.11. The summed E-state index contributed by atoms with van der Waals surface area (Å²) in [6, 6.07) is 0. The number of carbonyl (C=O) groups is 1. The van der Waals surface area contributed by atoms with Crippen LogP contribution in [0.25, 0.3) is 0 Å². The molecule has 0 aromatic rings. The zero-order valence-electron chi connectivity index (χ0n) is 8.58. The maximum absolute atomic E-state index is 11.5. The van der Waals surface area contributed by atoms with Gasteiger partial charge in [-0.2, -0.15) is 0 Å². The minimum atomic E-state index is 0.00426. The van der Waals surface area contributed by atoms with Gasteiger partial charge in [0.1, 0.15) is 0 Å². The van der Waals surface area contributed by atoms with Crippen LogP contribution < -0.4 is 0 Å². The second kappa shape index (κ2) is 6.23. The molecule has 0 unspecified atom stereocenters. The summed E-state index contributed by atoms with van der Waals surface area (Å²) in [7, 11) is 3.47. The Morgan fingerprint density at radius 1 is 1.46 bits per heavy atom. The van der Waals surface area contributed by atoms with Gasteiger partial charge in [-0.3, -0.25) is 4.79 Å². The highest BCUT2D eigenvalue weighted by Crippen LogP contribution is 2.02. The van der Waals surface area contributed by atoms with Crippen molar-refractivity contribution in [3.63, 3.8) is 0 Å². The van der Waals surface area contributed by atoms with Crippen molar-refractivity contribution < 1.29 is 4.79 Å². The van der Waals surface area contributed by atoms with Crippen LogP contribution in [-0.2, 0) is 4.79 Å². The van der Waals surface area contributed by atoms with Crippen molar-refractivity contribution in [1.82, 2.24) is 4.90 Å². The van der Waals surface area contributed by atoms with Crippen LogP contribution in [0.3, 0.4) is 0 Å². The Labute approximate surface area is 80.2 Å². The van der Waals surface area contributed by atoms with E-state index in [2.05, 4.69) is 6.58 Å². The van der Waals surface area contributed by atoms with Crippen LogP contribution in [0.4, 0.5) is 0 Å². The van der Waals surface area contributed by atoms with Crippen LogP contribution in [0.15, 0.2) is 36.5 Å². The zero-order valence-corrected chi connectivity index (χ0v) is 8.58. The summed E-state index contributed by atoms with van der Waals surface area (Å²) in [5.41, 5.74) is 0.668. The lowest BCUT2D eigenvalue weighted by atomic mass is 10.2. The molecule has 0 atom stereocenters. The molecule has 0 saturated heterocycles. The molecule has 0 heterocycles. The minimum Gasteiger partial charge on any atom is -0.345 e. The van der Waals surface area contributed by atoms with Crippen LogP contribution in [-0.4, -0.2) is 24.9 Å². The summed E-state index contributed by atoms with van der Waals surface area (Å²) in [6.07, 6.45) is 8.04. The highest BCUT2D eigenvalue weighted by Gasteiger charge is 2.06. The lowest BCUT2D eigenvalue weighted by molar-refractivity contribution is -0.124. The van der Waals surface area contributed by atoms with Crippen molar-refractivity contribution in [2.24, 2.45) is 0 Å². The zero-order chi connectivity index (χ0) is 10.3. The van der Waals surface area contributed by atoms with Crippen molar-refractivity contribution in [1.29, 1.82) is 0 Å². The molecule has 2 heteroatoms. The third-order valence-corrected chi connectivity index (χ3v) is 1.48. The molecular weight excluding hydrogens is 162 g/mol. The molecule has 0 aliphatic carbocycles. The van der Waals surface area contributed by atoms with Gasteiger partial charge in [0.15, 0.2) is 0 Å². The molecule has 0 aromatic carbocycles. The van der Waals surface area contributed by atoms with E-state index in [0.29, 0.717) is 5.57 Å². The first-order valence-corrected chi connectivity index (χ1v) is 4.34.